The SMILES string of the molecule is CC(CN1CCS(=O)CC1)c1ccc(C(F)(F)F)cc1. The first-order chi connectivity index (χ1) is 9.36. The Kier molecular flexibility index (Phi) is 4.86. The molecule has 1 fully saturated rings. The lowest BCUT2D eigenvalue weighted by Gasteiger charge is -2.29. The van der Waals surface area contributed by atoms with Gasteiger partial charge in [-0.2, -0.15) is 13.2 Å². The summed E-state index contributed by atoms with van der Waals surface area (Å²) < 4.78 is 48.8. The van der Waals surface area contributed by atoms with Crippen LogP contribution in [0.15, 0.2) is 24.3 Å². The highest BCUT2D eigenvalue weighted by Gasteiger charge is 2.30. The lowest BCUT2D eigenvalue weighted by atomic mass is 9.99. The molecule has 0 amide bonds. The molecule has 1 saturated heterocycles. The van der Waals surface area contributed by atoms with Crippen LogP contribution in [0.4, 0.5) is 13.2 Å². The van der Waals surface area contributed by atoms with Crippen molar-refractivity contribution in [3.8, 4) is 0 Å². The number of hydrogen-bond donors (Lipinski definition) is 0. The van der Waals surface area contributed by atoms with Crippen molar-refractivity contribution in [1.29, 1.82) is 0 Å². The third kappa shape index (κ3) is 4.06. The first-order valence-corrected chi connectivity index (χ1v) is 8.09. The molecule has 2 rings (SSSR count). The van der Waals surface area contributed by atoms with Crippen LogP contribution in [0.2, 0.25) is 0 Å². The van der Waals surface area contributed by atoms with Crippen LogP contribution in [-0.4, -0.2) is 40.2 Å². The molecule has 1 unspecified atom stereocenters. The highest BCUT2D eigenvalue weighted by molar-refractivity contribution is 7.85. The van der Waals surface area contributed by atoms with Crippen molar-refractivity contribution in [2.24, 2.45) is 0 Å². The second kappa shape index (κ2) is 6.26. The van der Waals surface area contributed by atoms with Gasteiger partial charge in [-0.05, 0) is 23.6 Å². The lowest BCUT2D eigenvalue weighted by Crippen LogP contribution is -2.39. The first-order valence-electron chi connectivity index (χ1n) is 6.61. The van der Waals surface area contributed by atoms with Crippen LogP contribution in [0.5, 0.6) is 0 Å². The van der Waals surface area contributed by atoms with E-state index in [1.54, 1.807) is 12.1 Å². The molecule has 112 valence electrons. The molecule has 0 aliphatic carbocycles. The second-order valence-corrected chi connectivity index (χ2v) is 6.87. The molecular weight excluding hydrogens is 287 g/mol. The molecule has 0 radical (unpaired) electrons. The van der Waals surface area contributed by atoms with E-state index in [1.807, 2.05) is 6.92 Å². The summed E-state index contributed by atoms with van der Waals surface area (Å²) in [6.45, 7) is 4.41. The van der Waals surface area contributed by atoms with Crippen LogP contribution in [0.3, 0.4) is 0 Å². The molecular formula is C14H18F3NOS. The van der Waals surface area contributed by atoms with Crippen LogP contribution >= 0.6 is 0 Å². The molecule has 1 aromatic carbocycles. The van der Waals surface area contributed by atoms with Gasteiger partial charge in [0.1, 0.15) is 0 Å². The third-order valence-corrected chi connectivity index (χ3v) is 4.89. The van der Waals surface area contributed by atoms with Gasteiger partial charge in [0.15, 0.2) is 0 Å². The Morgan fingerprint density at radius 3 is 2.25 bits per heavy atom. The fourth-order valence-electron chi connectivity index (χ4n) is 2.35. The zero-order chi connectivity index (χ0) is 14.8. The molecule has 0 bridgehead atoms. The molecule has 20 heavy (non-hydrogen) atoms. The quantitative estimate of drug-likeness (QED) is 0.856. The predicted octanol–water partition coefficient (Wildman–Crippen LogP) is 2.87. The highest BCUT2D eigenvalue weighted by Crippen LogP contribution is 2.30. The average molecular weight is 305 g/mol. The third-order valence-electron chi connectivity index (χ3n) is 3.61. The first kappa shape index (κ1) is 15.5. The fourth-order valence-corrected chi connectivity index (χ4v) is 3.48. The van der Waals surface area contributed by atoms with Gasteiger partial charge in [0.2, 0.25) is 0 Å². The minimum absolute atomic E-state index is 0.170. The van der Waals surface area contributed by atoms with Crippen molar-refractivity contribution >= 4 is 10.8 Å². The highest BCUT2D eigenvalue weighted by atomic mass is 32.2. The molecule has 1 aliphatic heterocycles. The summed E-state index contributed by atoms with van der Waals surface area (Å²) in [5, 5.41) is 0. The van der Waals surface area contributed by atoms with Crippen molar-refractivity contribution < 1.29 is 17.4 Å². The maximum Gasteiger partial charge on any atom is 0.416 e. The molecule has 0 aromatic heterocycles. The summed E-state index contributed by atoms with van der Waals surface area (Å²) in [5.74, 6) is 1.56. The van der Waals surface area contributed by atoms with Gasteiger partial charge >= 0.3 is 6.18 Å². The van der Waals surface area contributed by atoms with E-state index in [-0.39, 0.29) is 5.92 Å². The number of benzene rings is 1. The normalized spacial score (nSPS) is 20.0. The average Bonchev–Trinajstić information content (AvgIpc) is 2.40. The summed E-state index contributed by atoms with van der Waals surface area (Å²) >= 11 is 0. The lowest BCUT2D eigenvalue weighted by molar-refractivity contribution is -0.137. The molecule has 0 N–H and O–H groups in total. The summed E-state index contributed by atoms with van der Waals surface area (Å²) in [4.78, 5) is 2.23. The Labute approximate surface area is 119 Å². The topological polar surface area (TPSA) is 20.3 Å². The number of nitrogens with zero attached hydrogens (tertiary/aromatic N) is 1. The van der Waals surface area contributed by atoms with Crippen molar-refractivity contribution in [1.82, 2.24) is 4.90 Å². The minimum atomic E-state index is -4.28. The molecule has 0 saturated carbocycles. The molecule has 1 aromatic rings. The van der Waals surface area contributed by atoms with Crippen LogP contribution in [0.25, 0.3) is 0 Å². The molecule has 1 heterocycles. The molecule has 1 atom stereocenters. The van der Waals surface area contributed by atoms with E-state index in [0.717, 1.165) is 37.3 Å². The maximum atomic E-state index is 12.5. The van der Waals surface area contributed by atoms with Crippen molar-refractivity contribution in [2.45, 2.75) is 19.0 Å². The van der Waals surface area contributed by atoms with Gasteiger partial charge in [-0.3, -0.25) is 4.21 Å². The number of halogens is 3. The monoisotopic (exact) mass is 305 g/mol. The van der Waals surface area contributed by atoms with Crippen molar-refractivity contribution in [3.05, 3.63) is 35.4 Å². The molecule has 1 aliphatic rings. The Balaban J connectivity index is 1.95. The van der Waals surface area contributed by atoms with E-state index in [9.17, 15) is 17.4 Å². The summed E-state index contributed by atoms with van der Waals surface area (Å²) in [7, 11) is -0.700. The molecule has 0 spiro atoms. The van der Waals surface area contributed by atoms with Crippen LogP contribution in [-0.2, 0) is 17.0 Å². The van der Waals surface area contributed by atoms with E-state index < -0.39 is 22.5 Å². The number of hydrogen-bond acceptors (Lipinski definition) is 2. The van der Waals surface area contributed by atoms with Gasteiger partial charge in [0.05, 0.1) is 5.56 Å². The van der Waals surface area contributed by atoms with Crippen molar-refractivity contribution in [3.63, 3.8) is 0 Å². The number of rotatable bonds is 3. The van der Waals surface area contributed by atoms with Gasteiger partial charge in [-0.15, -0.1) is 0 Å². The predicted molar refractivity (Wildman–Crippen MR) is 74.2 cm³/mol. The van der Waals surface area contributed by atoms with E-state index in [2.05, 4.69) is 4.90 Å². The van der Waals surface area contributed by atoms with Gasteiger partial charge in [0.25, 0.3) is 0 Å². The van der Waals surface area contributed by atoms with Gasteiger partial charge < -0.3 is 4.90 Å². The van der Waals surface area contributed by atoms with Crippen LogP contribution in [0.1, 0.15) is 24.0 Å². The maximum absolute atomic E-state index is 12.5. The van der Waals surface area contributed by atoms with E-state index in [0.29, 0.717) is 11.5 Å². The Morgan fingerprint density at radius 2 is 1.75 bits per heavy atom. The van der Waals surface area contributed by atoms with Gasteiger partial charge in [-0.25, -0.2) is 0 Å². The smallest absolute Gasteiger partial charge is 0.301 e. The van der Waals surface area contributed by atoms with Crippen molar-refractivity contribution in [2.75, 3.05) is 31.1 Å². The Hall–Kier alpha value is -0.880. The largest absolute Gasteiger partial charge is 0.416 e. The minimum Gasteiger partial charge on any atom is -0.301 e. The van der Waals surface area contributed by atoms with E-state index in [4.69, 9.17) is 0 Å². The van der Waals surface area contributed by atoms with E-state index in [1.165, 1.54) is 0 Å². The fraction of sp³-hybridized carbons (Fsp3) is 0.571. The summed E-state index contributed by atoms with van der Waals surface area (Å²) in [6.07, 6.45) is -4.28. The molecule has 2 nitrogen and oxygen atoms in total. The van der Waals surface area contributed by atoms with Gasteiger partial charge in [0, 0.05) is 41.9 Å². The Bertz CT molecular complexity index is 462. The molecule has 6 heteroatoms. The zero-order valence-corrected chi connectivity index (χ0v) is 12.1. The standard InChI is InChI=1S/C14H18F3NOS/c1-11(10-18-6-8-20(19)9-7-18)12-2-4-13(5-3-12)14(15,16)17/h2-5,11H,6-10H2,1H3. The second-order valence-electron chi connectivity index (χ2n) is 5.17. The van der Waals surface area contributed by atoms with E-state index >= 15 is 0 Å². The zero-order valence-electron chi connectivity index (χ0n) is 11.3. The summed E-state index contributed by atoms with van der Waals surface area (Å²) in [6, 6.07) is 5.37. The summed E-state index contributed by atoms with van der Waals surface area (Å²) in [5.41, 5.74) is 0.298. The Morgan fingerprint density at radius 1 is 1.20 bits per heavy atom. The van der Waals surface area contributed by atoms with Crippen LogP contribution in [0, 0.1) is 0 Å². The van der Waals surface area contributed by atoms with Crippen LogP contribution < -0.4 is 0 Å². The number of alkyl halides is 3. The van der Waals surface area contributed by atoms with Gasteiger partial charge in [-0.1, -0.05) is 19.1 Å².